The van der Waals surface area contributed by atoms with Crippen molar-refractivity contribution in [2.45, 2.75) is 20.5 Å². The van der Waals surface area contributed by atoms with Gasteiger partial charge in [-0.3, -0.25) is 4.79 Å². The molecule has 1 heterocycles. The molecule has 0 aliphatic rings. The molecule has 4 aromatic rings. The van der Waals surface area contributed by atoms with E-state index in [2.05, 4.69) is 42.6 Å². The number of ketones is 1. The third kappa shape index (κ3) is 4.15. The van der Waals surface area contributed by atoms with Crippen molar-refractivity contribution >= 4 is 17.1 Å². The largest absolute Gasteiger partial charge is 0.488 e. The fourth-order valence-electron chi connectivity index (χ4n) is 3.42. The summed E-state index contributed by atoms with van der Waals surface area (Å²) in [7, 11) is 0. The zero-order valence-corrected chi connectivity index (χ0v) is 17.3. The van der Waals surface area contributed by atoms with Gasteiger partial charge in [-0.2, -0.15) is 0 Å². The van der Waals surface area contributed by atoms with E-state index in [0.717, 1.165) is 39.1 Å². The topological polar surface area (TPSA) is 26.3 Å². The minimum absolute atomic E-state index is 0.0886. The fraction of sp³-hybridized carbons (Fsp3) is 0.115. The number of Topliss-reactive ketones (excluding diaryl/α,β-unsaturated/α-hetero) is 1. The van der Waals surface area contributed by atoms with Gasteiger partial charge >= 0.3 is 0 Å². The van der Waals surface area contributed by atoms with Crippen molar-refractivity contribution in [1.82, 2.24) is 0 Å². The van der Waals surface area contributed by atoms with Gasteiger partial charge in [0.1, 0.15) is 12.4 Å². The molecule has 0 N–H and O–H groups in total. The second kappa shape index (κ2) is 8.46. The number of hydrogen-bond donors (Lipinski definition) is 0. The van der Waals surface area contributed by atoms with Crippen LogP contribution in [0.2, 0.25) is 0 Å². The van der Waals surface area contributed by atoms with Gasteiger partial charge in [-0.15, -0.1) is 11.3 Å². The van der Waals surface area contributed by atoms with Crippen LogP contribution >= 0.6 is 11.3 Å². The molecule has 2 nitrogen and oxygen atoms in total. The first-order valence-electron chi connectivity index (χ1n) is 9.59. The smallest absolute Gasteiger partial charge is 0.159 e. The average molecular weight is 399 g/mol. The third-order valence-corrected chi connectivity index (χ3v) is 5.90. The molecule has 0 aliphatic carbocycles. The number of benzene rings is 3. The first-order chi connectivity index (χ1) is 14.1. The van der Waals surface area contributed by atoms with E-state index < -0.39 is 0 Å². The van der Waals surface area contributed by atoms with E-state index in [0.29, 0.717) is 6.61 Å². The number of carbonyl (C=O) groups is 1. The van der Waals surface area contributed by atoms with E-state index >= 15 is 0 Å². The lowest BCUT2D eigenvalue weighted by Gasteiger charge is -2.13. The van der Waals surface area contributed by atoms with Crippen LogP contribution < -0.4 is 4.74 Å². The molecule has 1 aromatic heterocycles. The lowest BCUT2D eigenvalue weighted by Crippen LogP contribution is -1.97. The summed E-state index contributed by atoms with van der Waals surface area (Å²) in [6, 6.07) is 26.4. The van der Waals surface area contributed by atoms with Crippen molar-refractivity contribution < 1.29 is 9.53 Å². The van der Waals surface area contributed by atoms with E-state index in [9.17, 15) is 4.79 Å². The maximum Gasteiger partial charge on any atom is 0.159 e. The van der Waals surface area contributed by atoms with E-state index in [-0.39, 0.29) is 5.78 Å². The van der Waals surface area contributed by atoms with Crippen molar-refractivity contribution in [2.24, 2.45) is 0 Å². The molecule has 0 amide bonds. The molecule has 0 atom stereocenters. The Bertz CT molecular complexity index is 1140. The molecule has 0 fully saturated rings. The van der Waals surface area contributed by atoms with Crippen molar-refractivity contribution in [3.8, 4) is 27.3 Å². The Morgan fingerprint density at radius 1 is 0.862 bits per heavy atom. The highest BCUT2D eigenvalue weighted by Gasteiger charge is 2.15. The Morgan fingerprint density at radius 3 is 2.38 bits per heavy atom. The zero-order chi connectivity index (χ0) is 20.2. The summed E-state index contributed by atoms with van der Waals surface area (Å²) in [6.07, 6.45) is 0. The van der Waals surface area contributed by atoms with Crippen molar-refractivity contribution in [3.63, 3.8) is 0 Å². The number of ether oxygens (including phenoxy) is 1. The van der Waals surface area contributed by atoms with Crippen LogP contribution in [0.1, 0.15) is 28.4 Å². The van der Waals surface area contributed by atoms with Gasteiger partial charge < -0.3 is 4.74 Å². The summed E-state index contributed by atoms with van der Waals surface area (Å²) < 4.78 is 6.18. The Hall–Kier alpha value is -3.17. The van der Waals surface area contributed by atoms with Gasteiger partial charge in [0, 0.05) is 21.6 Å². The first kappa shape index (κ1) is 19.2. The SMILES string of the molecule is CC(=O)c1ccc(-c2sccc2-c2ccccc2OCc2ccccc2)c(C)c1. The van der Waals surface area contributed by atoms with Crippen LogP contribution in [-0.2, 0) is 6.61 Å². The van der Waals surface area contributed by atoms with E-state index in [1.54, 1.807) is 18.3 Å². The van der Waals surface area contributed by atoms with Crippen LogP contribution in [0.4, 0.5) is 0 Å². The highest BCUT2D eigenvalue weighted by atomic mass is 32.1. The fourth-order valence-corrected chi connectivity index (χ4v) is 4.42. The predicted molar refractivity (Wildman–Crippen MR) is 121 cm³/mol. The molecule has 0 saturated carbocycles. The van der Waals surface area contributed by atoms with Crippen LogP contribution in [0.5, 0.6) is 5.75 Å². The van der Waals surface area contributed by atoms with Gasteiger partial charge in [-0.05, 0) is 54.1 Å². The molecule has 0 bridgehead atoms. The van der Waals surface area contributed by atoms with Gasteiger partial charge in [-0.1, -0.05) is 60.7 Å². The molecule has 29 heavy (non-hydrogen) atoms. The molecule has 144 valence electrons. The van der Waals surface area contributed by atoms with E-state index in [1.165, 1.54) is 4.88 Å². The molecular weight excluding hydrogens is 376 g/mol. The molecule has 4 rings (SSSR count). The summed E-state index contributed by atoms with van der Waals surface area (Å²) in [5, 5.41) is 2.11. The molecule has 0 radical (unpaired) electrons. The Kier molecular flexibility index (Phi) is 5.59. The van der Waals surface area contributed by atoms with E-state index in [4.69, 9.17) is 4.74 Å². The van der Waals surface area contributed by atoms with Gasteiger partial charge in [0.05, 0.1) is 0 Å². The highest BCUT2D eigenvalue weighted by molar-refractivity contribution is 7.14. The predicted octanol–water partition coefficient (Wildman–Crippen LogP) is 7.17. The summed E-state index contributed by atoms with van der Waals surface area (Å²) in [5.74, 6) is 0.958. The highest BCUT2D eigenvalue weighted by Crippen LogP contribution is 2.42. The van der Waals surface area contributed by atoms with Crippen molar-refractivity contribution in [2.75, 3.05) is 0 Å². The number of aryl methyl sites for hydroxylation is 1. The van der Waals surface area contributed by atoms with Crippen LogP contribution in [-0.4, -0.2) is 5.78 Å². The lowest BCUT2D eigenvalue weighted by molar-refractivity contribution is 0.101. The summed E-state index contributed by atoms with van der Waals surface area (Å²) in [6.45, 7) is 4.19. The lowest BCUT2D eigenvalue weighted by atomic mass is 9.97. The summed E-state index contributed by atoms with van der Waals surface area (Å²) in [4.78, 5) is 12.9. The molecule has 3 aromatic carbocycles. The minimum Gasteiger partial charge on any atom is -0.488 e. The molecule has 0 spiro atoms. The zero-order valence-electron chi connectivity index (χ0n) is 16.5. The van der Waals surface area contributed by atoms with Gasteiger partial charge in [-0.25, -0.2) is 0 Å². The van der Waals surface area contributed by atoms with Crippen LogP contribution in [0, 0.1) is 6.92 Å². The van der Waals surface area contributed by atoms with Crippen LogP contribution in [0.15, 0.2) is 84.2 Å². The average Bonchev–Trinajstić information content (AvgIpc) is 3.22. The van der Waals surface area contributed by atoms with Crippen LogP contribution in [0.3, 0.4) is 0 Å². The van der Waals surface area contributed by atoms with Crippen LogP contribution in [0.25, 0.3) is 21.6 Å². The minimum atomic E-state index is 0.0886. The molecular formula is C26H22O2S. The van der Waals surface area contributed by atoms with Gasteiger partial charge in [0.2, 0.25) is 0 Å². The number of rotatable bonds is 6. The Labute approximate surface area is 175 Å². The molecule has 3 heteroatoms. The monoisotopic (exact) mass is 398 g/mol. The normalized spacial score (nSPS) is 10.7. The van der Waals surface area contributed by atoms with Gasteiger partial charge in [0.15, 0.2) is 5.78 Å². The number of para-hydroxylation sites is 1. The standard InChI is InChI=1S/C26H22O2S/c1-18-16-21(19(2)27)12-13-22(18)26-24(14-15-29-26)23-10-6-7-11-25(23)28-17-20-8-4-3-5-9-20/h3-16H,17H2,1-2H3. The third-order valence-electron chi connectivity index (χ3n) is 4.96. The van der Waals surface area contributed by atoms with E-state index in [1.807, 2.05) is 48.5 Å². The number of thiophene rings is 1. The first-order valence-corrected chi connectivity index (χ1v) is 10.5. The van der Waals surface area contributed by atoms with Crippen molar-refractivity contribution in [1.29, 1.82) is 0 Å². The number of carbonyl (C=O) groups excluding carboxylic acids is 1. The maximum absolute atomic E-state index is 11.7. The maximum atomic E-state index is 11.7. The second-order valence-corrected chi connectivity index (χ2v) is 7.94. The Morgan fingerprint density at radius 2 is 1.62 bits per heavy atom. The quantitative estimate of drug-likeness (QED) is 0.322. The van der Waals surface area contributed by atoms with Gasteiger partial charge in [0.25, 0.3) is 0 Å². The Balaban J connectivity index is 1.69. The molecule has 0 unspecified atom stereocenters. The second-order valence-electron chi connectivity index (χ2n) is 7.02. The number of hydrogen-bond acceptors (Lipinski definition) is 3. The summed E-state index contributed by atoms with van der Waals surface area (Å²) in [5.41, 5.74) is 6.37. The summed E-state index contributed by atoms with van der Waals surface area (Å²) >= 11 is 1.71. The van der Waals surface area contributed by atoms with Crippen molar-refractivity contribution in [3.05, 3.63) is 101 Å². The molecule has 0 saturated heterocycles. The molecule has 0 aliphatic heterocycles.